The van der Waals surface area contributed by atoms with Crippen molar-refractivity contribution >= 4 is 29.0 Å². The van der Waals surface area contributed by atoms with Gasteiger partial charge in [-0.25, -0.2) is 4.79 Å². The highest BCUT2D eigenvalue weighted by atomic mass is 32.1. The number of amides is 1. The lowest BCUT2D eigenvalue weighted by Crippen LogP contribution is -2.24. The van der Waals surface area contributed by atoms with Gasteiger partial charge in [-0.2, -0.15) is 0 Å². The van der Waals surface area contributed by atoms with E-state index < -0.39 is 5.97 Å². The van der Waals surface area contributed by atoms with Gasteiger partial charge in [0.2, 0.25) is 0 Å². The summed E-state index contributed by atoms with van der Waals surface area (Å²) in [6, 6.07) is 3.07. The summed E-state index contributed by atoms with van der Waals surface area (Å²) in [5, 5.41) is 2.33. The van der Waals surface area contributed by atoms with Crippen LogP contribution in [0, 0.1) is 0 Å². The van der Waals surface area contributed by atoms with Crippen molar-refractivity contribution in [1.29, 1.82) is 0 Å². The molecule has 1 aromatic rings. The molecule has 0 saturated carbocycles. The average Bonchev–Trinajstić information content (AvgIpc) is 2.74. The predicted molar refractivity (Wildman–Crippen MR) is 58.7 cm³/mol. The number of hydrogen-bond acceptors (Lipinski definition) is 5. The highest BCUT2D eigenvalue weighted by Gasteiger charge is 2.13. The van der Waals surface area contributed by atoms with Gasteiger partial charge in [0.1, 0.15) is 4.88 Å². The molecule has 1 amide bonds. The van der Waals surface area contributed by atoms with Crippen LogP contribution in [0.15, 0.2) is 12.1 Å². The van der Waals surface area contributed by atoms with Crippen molar-refractivity contribution in [2.24, 2.45) is 0 Å². The standard InChI is InChI=1S/C10H11NO4S/c1-6(12)7-3-4-8(16-7)10(14)15-5-9(13)11-2/h3-4H,5H2,1-2H3,(H,11,13). The fourth-order valence-corrected chi connectivity index (χ4v) is 1.71. The van der Waals surface area contributed by atoms with Crippen molar-refractivity contribution in [2.45, 2.75) is 6.92 Å². The predicted octanol–water partition coefficient (Wildman–Crippen LogP) is 0.853. The molecule has 6 heteroatoms. The summed E-state index contributed by atoms with van der Waals surface area (Å²) >= 11 is 1.05. The number of carbonyl (C=O) groups excluding carboxylic acids is 3. The zero-order valence-electron chi connectivity index (χ0n) is 8.90. The fraction of sp³-hybridized carbons (Fsp3) is 0.300. The second kappa shape index (κ2) is 5.41. The summed E-state index contributed by atoms with van der Waals surface area (Å²) in [6.07, 6.45) is 0. The van der Waals surface area contributed by atoms with E-state index in [1.165, 1.54) is 20.0 Å². The van der Waals surface area contributed by atoms with Gasteiger partial charge in [-0.3, -0.25) is 9.59 Å². The third kappa shape index (κ3) is 3.16. The third-order valence-electron chi connectivity index (χ3n) is 1.77. The second-order valence-corrected chi connectivity index (χ2v) is 4.05. The van der Waals surface area contributed by atoms with E-state index >= 15 is 0 Å². The third-order valence-corrected chi connectivity index (χ3v) is 2.93. The van der Waals surface area contributed by atoms with Crippen LogP contribution in [0.1, 0.15) is 26.3 Å². The first-order valence-corrected chi connectivity index (χ1v) is 5.34. The van der Waals surface area contributed by atoms with E-state index in [1.807, 2.05) is 0 Å². The first kappa shape index (κ1) is 12.4. The Hall–Kier alpha value is -1.69. The van der Waals surface area contributed by atoms with Gasteiger partial charge < -0.3 is 10.1 Å². The van der Waals surface area contributed by atoms with Crippen LogP contribution in [0.3, 0.4) is 0 Å². The summed E-state index contributed by atoms with van der Waals surface area (Å²) in [7, 11) is 1.45. The number of thiophene rings is 1. The Kier molecular flexibility index (Phi) is 4.19. The second-order valence-electron chi connectivity index (χ2n) is 2.97. The summed E-state index contributed by atoms with van der Waals surface area (Å²) in [4.78, 5) is 34.0. The monoisotopic (exact) mass is 241 g/mol. The van der Waals surface area contributed by atoms with E-state index in [4.69, 9.17) is 4.74 Å². The summed E-state index contributed by atoms with van der Waals surface area (Å²) < 4.78 is 4.72. The van der Waals surface area contributed by atoms with Gasteiger partial charge in [0.15, 0.2) is 12.4 Å². The van der Waals surface area contributed by atoms with Crippen LogP contribution in [0.2, 0.25) is 0 Å². The Morgan fingerprint density at radius 3 is 2.44 bits per heavy atom. The molecule has 0 aromatic carbocycles. The van der Waals surface area contributed by atoms with E-state index in [-0.39, 0.29) is 18.3 Å². The molecule has 5 nitrogen and oxygen atoms in total. The van der Waals surface area contributed by atoms with E-state index in [0.29, 0.717) is 9.75 Å². The minimum Gasteiger partial charge on any atom is -0.451 e. The molecule has 0 saturated heterocycles. The zero-order chi connectivity index (χ0) is 12.1. The lowest BCUT2D eigenvalue weighted by Gasteiger charge is -2.00. The molecule has 1 heterocycles. The molecule has 0 aliphatic heterocycles. The van der Waals surface area contributed by atoms with Crippen LogP contribution in [-0.4, -0.2) is 31.3 Å². The number of ketones is 1. The Labute approximate surface area is 96.4 Å². The summed E-state index contributed by atoms with van der Waals surface area (Å²) in [6.45, 7) is 1.11. The van der Waals surface area contributed by atoms with Crippen LogP contribution >= 0.6 is 11.3 Å². The molecular weight excluding hydrogens is 230 g/mol. The Morgan fingerprint density at radius 2 is 1.94 bits per heavy atom. The van der Waals surface area contributed by atoms with Gasteiger partial charge in [-0.05, 0) is 19.1 Å². The molecule has 1 aromatic heterocycles. The fourth-order valence-electron chi connectivity index (χ4n) is 0.911. The molecule has 0 aliphatic rings. The summed E-state index contributed by atoms with van der Waals surface area (Å²) in [5.74, 6) is -1.08. The molecule has 0 unspecified atom stereocenters. The van der Waals surface area contributed by atoms with Crippen molar-refractivity contribution in [3.63, 3.8) is 0 Å². The molecule has 0 fully saturated rings. The maximum atomic E-state index is 11.4. The first-order valence-electron chi connectivity index (χ1n) is 4.53. The van der Waals surface area contributed by atoms with Gasteiger partial charge >= 0.3 is 5.97 Å². The largest absolute Gasteiger partial charge is 0.451 e. The number of hydrogen-bond donors (Lipinski definition) is 1. The van der Waals surface area contributed by atoms with Crippen LogP contribution in [0.5, 0.6) is 0 Å². The number of Topliss-reactive ketones (excluding diaryl/α,β-unsaturated/α-hetero) is 1. The molecule has 16 heavy (non-hydrogen) atoms. The van der Waals surface area contributed by atoms with Crippen LogP contribution in [0.4, 0.5) is 0 Å². The topological polar surface area (TPSA) is 72.5 Å². The Morgan fingerprint density at radius 1 is 1.31 bits per heavy atom. The minimum atomic E-state index is -0.596. The van der Waals surface area contributed by atoms with E-state index in [9.17, 15) is 14.4 Å². The Balaban J connectivity index is 2.59. The normalized spacial score (nSPS) is 9.62. The molecular formula is C10H11NO4S. The van der Waals surface area contributed by atoms with Crippen molar-refractivity contribution in [1.82, 2.24) is 5.32 Å². The van der Waals surface area contributed by atoms with E-state index in [2.05, 4.69) is 5.32 Å². The SMILES string of the molecule is CNC(=O)COC(=O)c1ccc(C(C)=O)s1. The van der Waals surface area contributed by atoms with Crippen molar-refractivity contribution < 1.29 is 19.1 Å². The number of esters is 1. The quantitative estimate of drug-likeness (QED) is 0.626. The number of nitrogens with one attached hydrogen (secondary N) is 1. The van der Waals surface area contributed by atoms with E-state index in [0.717, 1.165) is 11.3 Å². The molecule has 0 aliphatic carbocycles. The lowest BCUT2D eigenvalue weighted by molar-refractivity contribution is -0.123. The first-order chi connectivity index (χ1) is 7.54. The highest BCUT2D eigenvalue weighted by molar-refractivity contribution is 7.15. The number of likely N-dealkylation sites (N-methyl/N-ethyl adjacent to an activating group) is 1. The van der Waals surface area contributed by atoms with Gasteiger partial charge in [0.05, 0.1) is 4.88 Å². The van der Waals surface area contributed by atoms with Crippen molar-refractivity contribution in [3.8, 4) is 0 Å². The summed E-state index contributed by atoms with van der Waals surface area (Å²) in [5.41, 5.74) is 0. The molecule has 0 bridgehead atoms. The molecule has 1 N–H and O–H groups in total. The van der Waals surface area contributed by atoms with Gasteiger partial charge in [-0.15, -0.1) is 11.3 Å². The Bertz CT molecular complexity index is 424. The van der Waals surface area contributed by atoms with Crippen LogP contribution in [-0.2, 0) is 9.53 Å². The van der Waals surface area contributed by atoms with Crippen molar-refractivity contribution in [3.05, 3.63) is 21.9 Å². The van der Waals surface area contributed by atoms with Gasteiger partial charge in [0, 0.05) is 7.05 Å². The number of rotatable bonds is 4. The molecule has 1 rings (SSSR count). The molecule has 0 atom stereocenters. The van der Waals surface area contributed by atoms with Gasteiger partial charge in [-0.1, -0.05) is 0 Å². The molecule has 0 spiro atoms. The number of carbonyl (C=O) groups is 3. The van der Waals surface area contributed by atoms with Gasteiger partial charge in [0.25, 0.3) is 5.91 Å². The van der Waals surface area contributed by atoms with Crippen LogP contribution < -0.4 is 5.32 Å². The number of ether oxygens (including phenoxy) is 1. The maximum absolute atomic E-state index is 11.4. The van der Waals surface area contributed by atoms with E-state index in [1.54, 1.807) is 6.07 Å². The molecule has 86 valence electrons. The average molecular weight is 241 g/mol. The lowest BCUT2D eigenvalue weighted by atomic mass is 10.3. The maximum Gasteiger partial charge on any atom is 0.348 e. The smallest absolute Gasteiger partial charge is 0.348 e. The van der Waals surface area contributed by atoms with Crippen LogP contribution in [0.25, 0.3) is 0 Å². The minimum absolute atomic E-state index is 0.102. The molecule has 0 radical (unpaired) electrons. The highest BCUT2D eigenvalue weighted by Crippen LogP contribution is 2.17. The van der Waals surface area contributed by atoms with Crippen molar-refractivity contribution in [2.75, 3.05) is 13.7 Å². The zero-order valence-corrected chi connectivity index (χ0v) is 9.72.